The van der Waals surface area contributed by atoms with Crippen LogP contribution in [-0.4, -0.2) is 63.6 Å². The number of hydrazine groups is 1. The van der Waals surface area contributed by atoms with Gasteiger partial charge in [0.05, 0.1) is 42.6 Å². The van der Waals surface area contributed by atoms with Crippen molar-refractivity contribution in [1.29, 1.82) is 5.26 Å². The van der Waals surface area contributed by atoms with Crippen molar-refractivity contribution in [1.82, 2.24) is 20.3 Å². The molecule has 5 rings (SSSR count). The number of rotatable bonds is 9. The molecule has 0 unspecified atom stereocenters. The summed E-state index contributed by atoms with van der Waals surface area (Å²) in [6, 6.07) is 9.01. The minimum Gasteiger partial charge on any atom is -0.509 e. The van der Waals surface area contributed by atoms with Crippen molar-refractivity contribution in [2.24, 2.45) is 0 Å². The molecular formula is C33H29F5N6O5. The van der Waals surface area contributed by atoms with Crippen molar-refractivity contribution >= 4 is 23.5 Å². The van der Waals surface area contributed by atoms with Crippen LogP contribution in [0.25, 0.3) is 11.1 Å². The van der Waals surface area contributed by atoms with Crippen LogP contribution in [0.15, 0.2) is 60.0 Å². The summed E-state index contributed by atoms with van der Waals surface area (Å²) in [5.74, 6) is -5.70. The van der Waals surface area contributed by atoms with Gasteiger partial charge in [-0.3, -0.25) is 24.4 Å². The quantitative estimate of drug-likeness (QED) is 0.165. The van der Waals surface area contributed by atoms with Crippen LogP contribution in [0.3, 0.4) is 0 Å². The maximum atomic E-state index is 14.7. The van der Waals surface area contributed by atoms with Crippen LogP contribution in [0, 0.1) is 23.0 Å². The molecule has 2 aliphatic heterocycles. The third-order valence-corrected chi connectivity index (χ3v) is 8.45. The van der Waals surface area contributed by atoms with E-state index in [1.165, 1.54) is 36.5 Å². The molecule has 0 spiro atoms. The summed E-state index contributed by atoms with van der Waals surface area (Å²) in [5.41, 5.74) is -3.56. The highest BCUT2D eigenvalue weighted by Gasteiger charge is 2.52. The maximum absolute atomic E-state index is 14.7. The Labute approximate surface area is 276 Å². The van der Waals surface area contributed by atoms with E-state index in [1.807, 2.05) is 6.07 Å². The molecule has 0 aliphatic carbocycles. The number of hydrogen-bond acceptors (Lipinski definition) is 9. The number of benzene rings is 2. The van der Waals surface area contributed by atoms with Gasteiger partial charge in [-0.2, -0.15) is 18.4 Å². The van der Waals surface area contributed by atoms with E-state index in [2.05, 4.69) is 20.4 Å². The fraction of sp³-hybridized carbons (Fsp3) is 0.303. The maximum Gasteiger partial charge on any atom is 0.416 e. The highest BCUT2D eigenvalue weighted by Crippen LogP contribution is 2.42. The van der Waals surface area contributed by atoms with Crippen LogP contribution < -0.4 is 10.6 Å². The molecule has 2 aromatic carbocycles. The second kappa shape index (κ2) is 13.6. The number of amides is 2. The summed E-state index contributed by atoms with van der Waals surface area (Å²) in [4.78, 5) is 43.2. The lowest BCUT2D eigenvalue weighted by molar-refractivity contribution is -0.160. The molecule has 1 saturated heterocycles. The van der Waals surface area contributed by atoms with E-state index in [4.69, 9.17) is 0 Å². The summed E-state index contributed by atoms with van der Waals surface area (Å²) in [6.07, 6.45) is -2.85. The van der Waals surface area contributed by atoms with Crippen LogP contribution in [0.2, 0.25) is 0 Å². The Morgan fingerprint density at radius 3 is 2.63 bits per heavy atom. The smallest absolute Gasteiger partial charge is 0.416 e. The van der Waals surface area contributed by atoms with Crippen LogP contribution >= 0.6 is 0 Å². The third kappa shape index (κ3) is 6.80. The fourth-order valence-electron chi connectivity index (χ4n) is 5.87. The van der Waals surface area contributed by atoms with Crippen molar-refractivity contribution < 1.29 is 46.2 Å². The number of fused-ring (bicyclic) bond motifs is 1. The highest BCUT2D eigenvalue weighted by atomic mass is 19.4. The Hall–Kier alpha value is -5.40. The number of esters is 1. The Morgan fingerprint density at radius 1 is 1.18 bits per heavy atom. The van der Waals surface area contributed by atoms with Gasteiger partial charge in [-0.1, -0.05) is 12.1 Å². The van der Waals surface area contributed by atoms with Gasteiger partial charge in [0.1, 0.15) is 17.4 Å². The summed E-state index contributed by atoms with van der Waals surface area (Å²) >= 11 is 0. The predicted molar refractivity (Wildman–Crippen MR) is 163 cm³/mol. The van der Waals surface area contributed by atoms with Gasteiger partial charge in [0.25, 0.3) is 11.8 Å². The van der Waals surface area contributed by atoms with Gasteiger partial charge in [0.2, 0.25) is 0 Å². The number of carbonyl (C=O) groups excluding carboxylic acids is 3. The molecule has 1 aromatic heterocycles. The number of pyridine rings is 1. The molecule has 0 radical (unpaired) electrons. The number of aliphatic hydroxyl groups excluding tert-OH is 1. The summed E-state index contributed by atoms with van der Waals surface area (Å²) in [7, 11) is 1.19. The Balaban J connectivity index is 1.52. The summed E-state index contributed by atoms with van der Waals surface area (Å²) in [5, 5.41) is 28.8. The van der Waals surface area contributed by atoms with Crippen molar-refractivity contribution in [2.45, 2.75) is 44.6 Å². The van der Waals surface area contributed by atoms with Crippen molar-refractivity contribution in [2.75, 3.05) is 25.5 Å². The number of aromatic nitrogens is 1. The van der Waals surface area contributed by atoms with E-state index in [9.17, 15) is 46.7 Å². The first-order chi connectivity index (χ1) is 23.2. The molecule has 256 valence electrons. The van der Waals surface area contributed by atoms with Crippen LogP contribution in [-0.2, 0) is 38.4 Å². The summed E-state index contributed by atoms with van der Waals surface area (Å²) in [6.45, 7) is 1.11. The lowest BCUT2D eigenvalue weighted by atomic mass is 9.90. The number of methoxy groups -OCH3 is 1. The second-order valence-electron chi connectivity index (χ2n) is 11.5. The van der Waals surface area contributed by atoms with Crippen molar-refractivity contribution in [3.63, 3.8) is 0 Å². The molecule has 11 nitrogen and oxygen atoms in total. The van der Waals surface area contributed by atoms with E-state index >= 15 is 0 Å². The molecule has 0 bridgehead atoms. The molecule has 3 aromatic rings. The number of ether oxygens (including phenoxy) is 1. The van der Waals surface area contributed by atoms with Crippen LogP contribution in [0.5, 0.6) is 0 Å². The molecule has 1 atom stereocenters. The average molecular weight is 685 g/mol. The van der Waals surface area contributed by atoms with E-state index in [1.54, 1.807) is 6.92 Å². The van der Waals surface area contributed by atoms with Gasteiger partial charge in [0, 0.05) is 41.7 Å². The van der Waals surface area contributed by atoms with Gasteiger partial charge < -0.3 is 20.5 Å². The van der Waals surface area contributed by atoms with E-state index in [0.29, 0.717) is 18.9 Å². The zero-order valence-corrected chi connectivity index (χ0v) is 26.1. The molecule has 16 heteroatoms. The number of halogens is 5. The first-order valence-corrected chi connectivity index (χ1v) is 14.8. The van der Waals surface area contributed by atoms with E-state index < -0.39 is 64.6 Å². The number of carbonyl (C=O) groups is 3. The Bertz CT molecular complexity index is 1910. The average Bonchev–Trinajstić information content (AvgIpc) is 3.47. The van der Waals surface area contributed by atoms with Gasteiger partial charge in [-0.25, -0.2) is 13.8 Å². The Morgan fingerprint density at radius 2 is 1.94 bits per heavy atom. The predicted octanol–water partition coefficient (Wildman–Crippen LogP) is 4.74. The molecule has 1 fully saturated rings. The molecule has 2 amide bonds. The largest absolute Gasteiger partial charge is 0.509 e. The molecule has 49 heavy (non-hydrogen) atoms. The number of hydrogen-bond donors (Lipinski definition) is 3. The number of alkyl halides is 3. The minimum atomic E-state index is -4.80. The van der Waals surface area contributed by atoms with Crippen molar-refractivity contribution in [3.8, 4) is 17.2 Å². The zero-order valence-electron chi connectivity index (χ0n) is 26.1. The second-order valence-corrected chi connectivity index (χ2v) is 11.5. The molecule has 2 aliphatic rings. The fourth-order valence-corrected chi connectivity index (χ4v) is 5.87. The van der Waals surface area contributed by atoms with Crippen molar-refractivity contribution in [3.05, 3.63) is 94.0 Å². The zero-order chi connectivity index (χ0) is 35.7. The number of nitriles is 1. The van der Waals surface area contributed by atoms with Gasteiger partial charge in [-0.15, -0.1) is 0 Å². The van der Waals surface area contributed by atoms with E-state index in [-0.39, 0.29) is 53.3 Å². The molecular weight excluding hydrogens is 655 g/mol. The topological polar surface area (TPSA) is 148 Å². The lowest BCUT2D eigenvalue weighted by Gasteiger charge is -2.46. The van der Waals surface area contributed by atoms with Gasteiger partial charge >= 0.3 is 12.1 Å². The number of nitrogens with one attached hydrogen (secondary N) is 2. The molecule has 3 heterocycles. The number of aliphatic hydroxyl groups is 1. The normalized spacial score (nSPS) is 17.9. The first-order valence-electron chi connectivity index (χ1n) is 14.8. The van der Waals surface area contributed by atoms with Crippen LogP contribution in [0.4, 0.5) is 27.6 Å². The first kappa shape index (κ1) is 34.9. The number of nitrogens with zero attached hydrogens (tertiary/aromatic N) is 4. The highest BCUT2D eigenvalue weighted by molar-refractivity contribution is 6.24. The SMILES string of the molecule is COC(=O)CNCc1ncc(-c2cc(C(F)(F)F)ccc2NC(=O)C2=C(O)[C@@]3(C)CCCN3N(Cc3cccc(F)c3F)C2=O)cc1C#N. The minimum absolute atomic E-state index is 0.0000223. The molecule has 3 N–H and O–H groups in total. The monoisotopic (exact) mass is 684 g/mol. The number of anilines is 1. The summed E-state index contributed by atoms with van der Waals surface area (Å²) < 4.78 is 74.6. The van der Waals surface area contributed by atoms with Gasteiger partial charge in [0.15, 0.2) is 11.6 Å². The van der Waals surface area contributed by atoms with Gasteiger partial charge in [-0.05, 0) is 50.1 Å². The van der Waals surface area contributed by atoms with Crippen LogP contribution in [0.1, 0.15) is 42.1 Å². The molecule has 0 saturated carbocycles. The standard InChI is InChI=1S/C33H29F5N6O5/c1-32-9-4-10-44(32)43(17-18-5-3-6-23(34)28(18)35)31(48)27(29(32)46)30(47)42-24-8-7-21(33(36,37)38)12-22(24)20-11-19(13-39)25(41-14-20)15-40-16-26(45)49-2/h3,5-8,11-12,14,40,46H,4,9-10,15-17H2,1-2H3,(H,42,47)/t32-/m1/s1. The Kier molecular flexibility index (Phi) is 9.70. The van der Waals surface area contributed by atoms with E-state index in [0.717, 1.165) is 23.2 Å². The lowest BCUT2D eigenvalue weighted by Crippen LogP contribution is -2.60. The third-order valence-electron chi connectivity index (χ3n) is 8.45.